The fraction of sp³-hybridized carbons (Fsp3) is 0.182. The molecule has 0 radical (unpaired) electrons. The highest BCUT2D eigenvalue weighted by molar-refractivity contribution is 8.40. The van der Waals surface area contributed by atoms with Gasteiger partial charge in [0.05, 0.1) is 18.3 Å². The van der Waals surface area contributed by atoms with Crippen molar-refractivity contribution in [2.75, 3.05) is 12.5 Å². The van der Waals surface area contributed by atoms with Crippen molar-refractivity contribution in [1.82, 2.24) is 0 Å². The molecule has 6 heteroatoms. The van der Waals surface area contributed by atoms with Gasteiger partial charge in [0, 0.05) is 4.88 Å². The fourth-order valence-corrected chi connectivity index (χ4v) is 7.16. The Morgan fingerprint density at radius 3 is 2.29 bits per heavy atom. The molecule has 2 heterocycles. The summed E-state index contributed by atoms with van der Waals surface area (Å²) < 4.78 is 3.71. The normalized spacial score (nSPS) is 15.5. The Kier molecular flexibility index (Phi) is 5.17. The highest BCUT2D eigenvalue weighted by atomic mass is 32.3. The first-order valence-corrected chi connectivity index (χ1v) is 9.67. The second-order valence-electron chi connectivity index (χ2n) is 2.98. The summed E-state index contributed by atoms with van der Waals surface area (Å²) in [5.41, 5.74) is 0.825. The molecule has 90 valence electrons. The smallest absolute Gasteiger partial charge is 0.153 e. The summed E-state index contributed by atoms with van der Waals surface area (Å²) in [5.74, 6) is 0. The van der Waals surface area contributed by atoms with E-state index in [1.54, 1.807) is 58.4 Å². The summed E-state index contributed by atoms with van der Waals surface area (Å²) in [6.07, 6.45) is 5.13. The van der Waals surface area contributed by atoms with Crippen molar-refractivity contribution in [2.45, 2.75) is 0 Å². The predicted octanol–water partition coefficient (Wildman–Crippen LogP) is 4.95. The molecule has 0 aromatic carbocycles. The number of carbonyl (C=O) groups excluding carboxylic acids is 1. The Morgan fingerprint density at radius 2 is 1.88 bits per heavy atom. The maximum atomic E-state index is 11.3. The molecule has 0 saturated heterocycles. The van der Waals surface area contributed by atoms with Gasteiger partial charge in [-0.2, -0.15) is 0 Å². The van der Waals surface area contributed by atoms with Crippen molar-refractivity contribution in [3.05, 3.63) is 35.1 Å². The van der Waals surface area contributed by atoms with E-state index in [-0.39, 0.29) is 0 Å². The molecule has 0 N–H and O–H groups in total. The van der Waals surface area contributed by atoms with Gasteiger partial charge in [-0.3, -0.25) is 4.79 Å². The monoisotopic (exact) mass is 318 g/mol. The molecule has 1 aromatic rings. The molecule has 0 atom stereocenters. The molecule has 1 aliphatic heterocycles. The van der Waals surface area contributed by atoms with E-state index in [1.807, 2.05) is 17.5 Å². The quantitative estimate of drug-likeness (QED) is 0.575. The van der Waals surface area contributed by atoms with Crippen molar-refractivity contribution in [3.63, 3.8) is 0 Å². The average Bonchev–Trinajstić information content (AvgIpc) is 2.99. The van der Waals surface area contributed by atoms with Crippen LogP contribution in [0, 0.1) is 0 Å². The fourth-order valence-electron chi connectivity index (χ4n) is 1.27. The molecule has 0 bridgehead atoms. The van der Waals surface area contributed by atoms with Gasteiger partial charge in [-0.25, -0.2) is 0 Å². The topological polar surface area (TPSA) is 17.1 Å². The Bertz CT molecular complexity index is 454. The summed E-state index contributed by atoms with van der Waals surface area (Å²) in [5, 5.41) is 2.00. The Hall–Kier alpha value is 0.250. The zero-order valence-electron chi connectivity index (χ0n) is 9.26. The minimum atomic E-state index is 0.825. The van der Waals surface area contributed by atoms with Crippen LogP contribution in [0.25, 0.3) is 5.57 Å². The second-order valence-corrected chi connectivity index (χ2v) is 8.38. The van der Waals surface area contributed by atoms with E-state index >= 15 is 0 Å². The van der Waals surface area contributed by atoms with Gasteiger partial charge >= 0.3 is 0 Å². The number of hydrogen-bond acceptors (Lipinski definition) is 6. The van der Waals surface area contributed by atoms with Crippen LogP contribution in [0.2, 0.25) is 0 Å². The molecule has 0 fully saturated rings. The average molecular weight is 319 g/mol. The number of carbonyl (C=O) groups is 1. The number of allylic oxidation sites excluding steroid dienone is 1. The van der Waals surface area contributed by atoms with Crippen LogP contribution in [0.5, 0.6) is 0 Å². The molecule has 1 nitrogen and oxygen atoms in total. The Balaban J connectivity index is 2.33. The molecule has 0 aliphatic carbocycles. The lowest BCUT2D eigenvalue weighted by Gasteiger charge is -2.01. The molecule has 1 aliphatic rings. The van der Waals surface area contributed by atoms with Gasteiger partial charge in [0.1, 0.15) is 0 Å². The van der Waals surface area contributed by atoms with Gasteiger partial charge in [0.25, 0.3) is 0 Å². The lowest BCUT2D eigenvalue weighted by molar-refractivity contribution is -0.103. The van der Waals surface area contributed by atoms with E-state index in [2.05, 4.69) is 12.5 Å². The summed E-state index contributed by atoms with van der Waals surface area (Å²) >= 11 is 8.54. The van der Waals surface area contributed by atoms with Crippen LogP contribution in [-0.4, -0.2) is 18.8 Å². The first-order chi connectivity index (χ1) is 8.30. The number of hydrogen-bond donors (Lipinski definition) is 0. The molecule has 2 rings (SSSR count). The zero-order chi connectivity index (χ0) is 12.3. The van der Waals surface area contributed by atoms with Crippen LogP contribution in [-0.2, 0) is 4.79 Å². The zero-order valence-corrected chi connectivity index (χ0v) is 13.3. The predicted molar refractivity (Wildman–Crippen MR) is 86.5 cm³/mol. The molecule has 0 saturated carbocycles. The van der Waals surface area contributed by atoms with E-state index in [1.165, 1.54) is 8.47 Å². The van der Waals surface area contributed by atoms with Crippen LogP contribution < -0.4 is 0 Å². The molecular formula is C11H10OS5. The van der Waals surface area contributed by atoms with Crippen molar-refractivity contribution in [2.24, 2.45) is 0 Å². The molecule has 1 aromatic heterocycles. The number of aldehydes is 1. The van der Waals surface area contributed by atoms with Crippen molar-refractivity contribution in [3.8, 4) is 0 Å². The van der Waals surface area contributed by atoms with E-state index in [4.69, 9.17) is 0 Å². The summed E-state index contributed by atoms with van der Waals surface area (Å²) in [7, 11) is 0. The van der Waals surface area contributed by atoms with Gasteiger partial charge < -0.3 is 0 Å². The molecule has 0 amide bonds. The summed E-state index contributed by atoms with van der Waals surface area (Å²) in [6, 6.07) is 3.98. The maximum Gasteiger partial charge on any atom is 0.153 e. The second kappa shape index (κ2) is 6.43. The van der Waals surface area contributed by atoms with E-state index in [9.17, 15) is 4.79 Å². The standard InChI is InChI=1S/C11H10OS5/c1-13-10-11(14-2)17-9(16-10)7(6-12)8-4-3-5-15-8/h3-6H,1-2H3. The minimum absolute atomic E-state index is 0.825. The van der Waals surface area contributed by atoms with Crippen molar-refractivity contribution < 1.29 is 4.79 Å². The largest absolute Gasteiger partial charge is 0.298 e. The third-order valence-corrected chi connectivity index (χ3v) is 8.19. The number of rotatable bonds is 4. The van der Waals surface area contributed by atoms with E-state index in [0.29, 0.717) is 0 Å². The third kappa shape index (κ3) is 2.98. The van der Waals surface area contributed by atoms with Crippen LogP contribution in [0.4, 0.5) is 0 Å². The van der Waals surface area contributed by atoms with Gasteiger partial charge in [-0.05, 0) is 24.0 Å². The van der Waals surface area contributed by atoms with Crippen molar-refractivity contribution >= 4 is 70.2 Å². The third-order valence-electron chi connectivity index (χ3n) is 2.03. The molecule has 0 spiro atoms. The molecule has 0 unspecified atom stereocenters. The first kappa shape index (κ1) is 13.7. The number of thioether (sulfide) groups is 4. The summed E-state index contributed by atoms with van der Waals surface area (Å²) in [6.45, 7) is 0. The van der Waals surface area contributed by atoms with Crippen LogP contribution >= 0.6 is 58.4 Å². The Labute approximate surface area is 122 Å². The van der Waals surface area contributed by atoms with Gasteiger partial charge in [0.2, 0.25) is 0 Å². The van der Waals surface area contributed by atoms with Gasteiger partial charge in [-0.15, -0.1) is 34.9 Å². The molecular weight excluding hydrogens is 308 g/mol. The summed E-state index contributed by atoms with van der Waals surface area (Å²) in [4.78, 5) is 12.3. The van der Waals surface area contributed by atoms with Crippen LogP contribution in [0.15, 0.2) is 30.2 Å². The maximum absolute atomic E-state index is 11.3. The number of thiophene rings is 1. The van der Waals surface area contributed by atoms with Gasteiger partial charge in [-0.1, -0.05) is 29.6 Å². The first-order valence-electron chi connectivity index (χ1n) is 4.71. The van der Waals surface area contributed by atoms with Crippen LogP contribution in [0.3, 0.4) is 0 Å². The molecule has 17 heavy (non-hydrogen) atoms. The minimum Gasteiger partial charge on any atom is -0.298 e. The lowest BCUT2D eigenvalue weighted by atomic mass is 10.3. The highest BCUT2D eigenvalue weighted by Gasteiger charge is 2.23. The van der Waals surface area contributed by atoms with E-state index < -0.39 is 0 Å². The van der Waals surface area contributed by atoms with E-state index in [0.717, 1.165) is 21.0 Å². The van der Waals surface area contributed by atoms with Crippen LogP contribution in [0.1, 0.15) is 4.88 Å². The van der Waals surface area contributed by atoms with Gasteiger partial charge in [0.15, 0.2) is 6.29 Å². The van der Waals surface area contributed by atoms with Crippen molar-refractivity contribution in [1.29, 1.82) is 0 Å². The Morgan fingerprint density at radius 1 is 1.24 bits per heavy atom. The lowest BCUT2D eigenvalue weighted by Crippen LogP contribution is -1.83. The SMILES string of the molecule is CSC1=C(SC)SC(=C(C=O)c2cccs2)S1. The highest BCUT2D eigenvalue weighted by Crippen LogP contribution is 2.58.